The van der Waals surface area contributed by atoms with Gasteiger partial charge in [0.2, 0.25) is 5.91 Å². The van der Waals surface area contributed by atoms with Crippen LogP contribution in [0.5, 0.6) is 0 Å². The van der Waals surface area contributed by atoms with Crippen molar-refractivity contribution < 1.29 is 4.79 Å². The summed E-state index contributed by atoms with van der Waals surface area (Å²) in [5.41, 5.74) is 7.89. The molecule has 1 aliphatic rings. The number of benzene rings is 1. The van der Waals surface area contributed by atoms with Crippen molar-refractivity contribution >= 4 is 18.3 Å². The second-order valence-electron chi connectivity index (χ2n) is 7.05. The van der Waals surface area contributed by atoms with Gasteiger partial charge in [-0.1, -0.05) is 43.2 Å². The summed E-state index contributed by atoms with van der Waals surface area (Å²) in [7, 11) is 0. The van der Waals surface area contributed by atoms with E-state index in [9.17, 15) is 4.79 Å². The number of rotatable bonds is 7. The van der Waals surface area contributed by atoms with E-state index in [1.54, 1.807) is 0 Å². The van der Waals surface area contributed by atoms with Gasteiger partial charge in [-0.25, -0.2) is 0 Å². The third-order valence-electron chi connectivity index (χ3n) is 4.79. The lowest BCUT2D eigenvalue weighted by Crippen LogP contribution is -2.53. The van der Waals surface area contributed by atoms with Gasteiger partial charge in [0, 0.05) is 6.54 Å². The van der Waals surface area contributed by atoms with Crippen molar-refractivity contribution in [3.63, 3.8) is 0 Å². The molecule has 0 aliphatic carbocycles. The van der Waals surface area contributed by atoms with Gasteiger partial charge in [-0.2, -0.15) is 0 Å². The summed E-state index contributed by atoms with van der Waals surface area (Å²) in [5.74, 6) is -0.0457. The second kappa shape index (κ2) is 9.40. The number of halogens is 1. The molecule has 1 aromatic rings. The molecule has 0 bridgehead atoms. The minimum atomic E-state index is -0.780. The summed E-state index contributed by atoms with van der Waals surface area (Å²) in [4.78, 5) is 14.9. The van der Waals surface area contributed by atoms with E-state index in [0.717, 1.165) is 19.5 Å². The molecule has 2 rings (SSSR count). The number of aryl methyl sites for hydroxylation is 1. The van der Waals surface area contributed by atoms with Crippen LogP contribution in [0.15, 0.2) is 24.3 Å². The Balaban J connectivity index is 0.00000288. The molecule has 2 atom stereocenters. The zero-order valence-electron chi connectivity index (χ0n) is 15.2. The van der Waals surface area contributed by atoms with E-state index in [4.69, 9.17) is 5.73 Å². The Kier molecular flexibility index (Phi) is 8.20. The average molecular weight is 354 g/mol. The van der Waals surface area contributed by atoms with Crippen molar-refractivity contribution in [2.24, 2.45) is 5.73 Å². The van der Waals surface area contributed by atoms with E-state index >= 15 is 0 Å². The summed E-state index contributed by atoms with van der Waals surface area (Å²) in [5, 5.41) is 3.09. The number of amides is 1. The van der Waals surface area contributed by atoms with Crippen LogP contribution in [0.1, 0.15) is 56.7 Å². The number of likely N-dealkylation sites (tertiary alicyclic amines) is 1. The molecule has 1 amide bonds. The molecule has 136 valence electrons. The van der Waals surface area contributed by atoms with Gasteiger partial charge in [-0.3, -0.25) is 9.69 Å². The van der Waals surface area contributed by atoms with Crippen LogP contribution in [0, 0.1) is 6.92 Å². The molecule has 1 heterocycles. The fourth-order valence-corrected chi connectivity index (χ4v) is 3.32. The molecule has 0 radical (unpaired) electrons. The topological polar surface area (TPSA) is 58.4 Å². The minimum absolute atomic E-state index is 0. The van der Waals surface area contributed by atoms with Gasteiger partial charge in [-0.15, -0.1) is 12.4 Å². The number of nitrogens with two attached hydrogens (primary N) is 1. The van der Waals surface area contributed by atoms with Crippen LogP contribution < -0.4 is 11.1 Å². The number of hydrogen-bond acceptors (Lipinski definition) is 3. The highest BCUT2D eigenvalue weighted by molar-refractivity contribution is 5.85. The smallest absolute Gasteiger partial charge is 0.239 e. The lowest BCUT2D eigenvalue weighted by atomic mass is 9.96. The number of carbonyl (C=O) groups is 1. The SMILES string of the molecule is CCCC(C)(N)C(=O)NCC(c1ccc(C)cc1)N1CCCC1.Cl. The zero-order chi connectivity index (χ0) is 16.9. The van der Waals surface area contributed by atoms with E-state index < -0.39 is 5.54 Å². The summed E-state index contributed by atoms with van der Waals surface area (Å²) in [6, 6.07) is 8.88. The molecular formula is C19H32ClN3O. The van der Waals surface area contributed by atoms with Gasteiger partial charge in [0.05, 0.1) is 11.6 Å². The van der Waals surface area contributed by atoms with Crippen molar-refractivity contribution in [1.82, 2.24) is 10.2 Å². The average Bonchev–Trinajstić information content (AvgIpc) is 3.03. The van der Waals surface area contributed by atoms with Gasteiger partial charge in [0.1, 0.15) is 0 Å². The van der Waals surface area contributed by atoms with Crippen LogP contribution in [0.4, 0.5) is 0 Å². The first-order valence-electron chi connectivity index (χ1n) is 8.82. The second-order valence-corrected chi connectivity index (χ2v) is 7.05. The molecule has 24 heavy (non-hydrogen) atoms. The monoisotopic (exact) mass is 353 g/mol. The predicted molar refractivity (Wildman–Crippen MR) is 102 cm³/mol. The van der Waals surface area contributed by atoms with E-state index in [0.29, 0.717) is 13.0 Å². The largest absolute Gasteiger partial charge is 0.353 e. The van der Waals surface area contributed by atoms with E-state index in [2.05, 4.69) is 48.3 Å². The molecule has 0 saturated carbocycles. The highest BCUT2D eigenvalue weighted by Crippen LogP contribution is 2.25. The first-order valence-corrected chi connectivity index (χ1v) is 8.82. The first kappa shape index (κ1) is 20.9. The Morgan fingerprint density at radius 3 is 2.42 bits per heavy atom. The molecule has 1 fully saturated rings. The van der Waals surface area contributed by atoms with Crippen molar-refractivity contribution in [1.29, 1.82) is 0 Å². The molecule has 1 aliphatic heterocycles. The molecule has 0 aromatic heterocycles. The maximum Gasteiger partial charge on any atom is 0.239 e. The Morgan fingerprint density at radius 1 is 1.29 bits per heavy atom. The molecule has 2 unspecified atom stereocenters. The molecule has 1 saturated heterocycles. The van der Waals surface area contributed by atoms with E-state index in [1.165, 1.54) is 24.0 Å². The fraction of sp³-hybridized carbons (Fsp3) is 0.632. The molecule has 3 N–H and O–H groups in total. The number of carbonyl (C=O) groups excluding carboxylic acids is 1. The standard InChI is InChI=1S/C19H31N3O.ClH/c1-4-11-19(3,20)18(23)21-14-17(22-12-5-6-13-22)16-9-7-15(2)8-10-16;/h7-10,17H,4-6,11-14,20H2,1-3H3,(H,21,23);1H. The van der Waals surface area contributed by atoms with Crippen molar-refractivity contribution in [2.45, 2.75) is 58.0 Å². The van der Waals surface area contributed by atoms with Gasteiger partial charge in [-0.05, 0) is 51.8 Å². The molecule has 4 nitrogen and oxygen atoms in total. The Labute approximate surface area is 152 Å². The zero-order valence-corrected chi connectivity index (χ0v) is 16.0. The van der Waals surface area contributed by atoms with Crippen molar-refractivity contribution in [2.75, 3.05) is 19.6 Å². The maximum absolute atomic E-state index is 12.4. The van der Waals surface area contributed by atoms with Crippen LogP contribution in [-0.4, -0.2) is 36.0 Å². The lowest BCUT2D eigenvalue weighted by Gasteiger charge is -2.30. The Hall–Kier alpha value is -1.10. The van der Waals surface area contributed by atoms with Crippen LogP contribution in [0.25, 0.3) is 0 Å². The molecular weight excluding hydrogens is 322 g/mol. The third kappa shape index (κ3) is 5.47. The minimum Gasteiger partial charge on any atom is -0.353 e. The Morgan fingerprint density at radius 2 is 1.88 bits per heavy atom. The van der Waals surface area contributed by atoms with E-state index in [-0.39, 0.29) is 24.4 Å². The van der Waals surface area contributed by atoms with Crippen molar-refractivity contribution in [3.05, 3.63) is 35.4 Å². The maximum atomic E-state index is 12.4. The highest BCUT2D eigenvalue weighted by Gasteiger charge is 2.29. The lowest BCUT2D eigenvalue weighted by molar-refractivity contribution is -0.126. The number of nitrogens with one attached hydrogen (secondary N) is 1. The number of nitrogens with zero attached hydrogens (tertiary/aromatic N) is 1. The third-order valence-corrected chi connectivity index (χ3v) is 4.79. The van der Waals surface area contributed by atoms with E-state index in [1.807, 2.05) is 6.92 Å². The summed E-state index contributed by atoms with van der Waals surface area (Å²) in [6.07, 6.45) is 4.09. The van der Waals surface area contributed by atoms with Crippen LogP contribution in [-0.2, 0) is 4.79 Å². The molecule has 5 heteroatoms. The fourth-order valence-electron chi connectivity index (χ4n) is 3.32. The molecule has 1 aromatic carbocycles. The predicted octanol–water partition coefficient (Wildman–Crippen LogP) is 3.19. The van der Waals surface area contributed by atoms with Crippen molar-refractivity contribution in [3.8, 4) is 0 Å². The van der Waals surface area contributed by atoms with Crippen LogP contribution >= 0.6 is 12.4 Å². The molecule has 0 spiro atoms. The highest BCUT2D eigenvalue weighted by atomic mass is 35.5. The quantitative estimate of drug-likeness (QED) is 0.791. The van der Waals surface area contributed by atoms with Gasteiger partial charge in [0.15, 0.2) is 0 Å². The first-order chi connectivity index (χ1) is 10.9. The summed E-state index contributed by atoms with van der Waals surface area (Å²) >= 11 is 0. The number of hydrogen-bond donors (Lipinski definition) is 2. The van der Waals surface area contributed by atoms with Gasteiger partial charge >= 0.3 is 0 Å². The Bertz CT molecular complexity index is 510. The normalized spacial score (nSPS) is 18.5. The van der Waals surface area contributed by atoms with Gasteiger partial charge < -0.3 is 11.1 Å². The summed E-state index contributed by atoms with van der Waals surface area (Å²) < 4.78 is 0. The summed E-state index contributed by atoms with van der Waals surface area (Å²) in [6.45, 7) is 8.80. The van der Waals surface area contributed by atoms with Crippen LogP contribution in [0.2, 0.25) is 0 Å². The van der Waals surface area contributed by atoms with Gasteiger partial charge in [0.25, 0.3) is 0 Å². The van der Waals surface area contributed by atoms with Crippen LogP contribution in [0.3, 0.4) is 0 Å².